The number of aromatic nitrogens is 2. The van der Waals surface area contributed by atoms with E-state index in [2.05, 4.69) is 23.6 Å². The van der Waals surface area contributed by atoms with E-state index in [1.807, 2.05) is 11.2 Å². The van der Waals surface area contributed by atoms with Crippen LogP contribution in [0.3, 0.4) is 0 Å². The first kappa shape index (κ1) is 18.0. The van der Waals surface area contributed by atoms with Crippen molar-refractivity contribution in [1.29, 1.82) is 0 Å². The number of nitrogens with zero attached hydrogens (tertiary/aromatic N) is 5. The molecule has 2 fully saturated rings. The van der Waals surface area contributed by atoms with Gasteiger partial charge in [0, 0.05) is 44.3 Å². The normalized spacial score (nSPS) is 24.0. The standard InChI is InChI=1S/C19H29N5OS/c1-13(2)24-8-7-16(18(24)25)22-9-11-23(12-10-22)17-14-5-4-6-15(14)20-19(21-17)26-3/h13,16H,4-12H2,1-3H3. The Hall–Kier alpha value is -1.34. The third-order valence-corrected chi connectivity index (χ3v) is 6.51. The number of fused-ring (bicyclic) bond motifs is 1. The smallest absolute Gasteiger partial charge is 0.240 e. The third-order valence-electron chi connectivity index (χ3n) is 5.96. The van der Waals surface area contributed by atoms with Gasteiger partial charge in [-0.3, -0.25) is 9.69 Å². The fourth-order valence-electron chi connectivity index (χ4n) is 4.53. The van der Waals surface area contributed by atoms with Gasteiger partial charge in [-0.1, -0.05) is 11.8 Å². The molecule has 4 rings (SSSR count). The Morgan fingerprint density at radius 3 is 2.50 bits per heavy atom. The van der Waals surface area contributed by atoms with Gasteiger partial charge in [-0.25, -0.2) is 9.97 Å². The van der Waals surface area contributed by atoms with Gasteiger partial charge in [0.05, 0.1) is 11.7 Å². The molecule has 0 aromatic carbocycles. The Labute approximate surface area is 160 Å². The van der Waals surface area contributed by atoms with Crippen molar-refractivity contribution in [2.75, 3.05) is 43.9 Å². The summed E-state index contributed by atoms with van der Waals surface area (Å²) in [6.07, 6.45) is 6.39. The van der Waals surface area contributed by atoms with Crippen molar-refractivity contribution in [2.45, 2.75) is 56.8 Å². The van der Waals surface area contributed by atoms with Crippen LogP contribution in [-0.2, 0) is 17.6 Å². The van der Waals surface area contributed by atoms with Crippen LogP contribution in [0.2, 0.25) is 0 Å². The fraction of sp³-hybridized carbons (Fsp3) is 0.737. The number of carbonyl (C=O) groups is 1. The van der Waals surface area contributed by atoms with E-state index in [0.29, 0.717) is 11.9 Å². The summed E-state index contributed by atoms with van der Waals surface area (Å²) in [5, 5.41) is 0.890. The molecule has 7 heteroatoms. The number of piperazine rings is 1. The second-order valence-corrected chi connectivity index (χ2v) is 8.54. The molecule has 3 aliphatic rings. The van der Waals surface area contributed by atoms with Crippen LogP contribution >= 0.6 is 11.8 Å². The Morgan fingerprint density at radius 1 is 1.08 bits per heavy atom. The van der Waals surface area contributed by atoms with E-state index in [4.69, 9.17) is 9.97 Å². The second kappa shape index (κ2) is 7.35. The summed E-state index contributed by atoms with van der Waals surface area (Å²) in [6, 6.07) is 0.389. The zero-order valence-corrected chi connectivity index (χ0v) is 16.9. The van der Waals surface area contributed by atoms with Crippen LogP contribution < -0.4 is 4.90 Å². The van der Waals surface area contributed by atoms with E-state index in [9.17, 15) is 4.79 Å². The van der Waals surface area contributed by atoms with Crippen molar-refractivity contribution >= 4 is 23.5 Å². The molecule has 6 nitrogen and oxygen atoms in total. The molecule has 1 aliphatic carbocycles. The molecule has 0 radical (unpaired) electrons. The van der Waals surface area contributed by atoms with Gasteiger partial charge in [0.25, 0.3) is 0 Å². The van der Waals surface area contributed by atoms with Gasteiger partial charge in [0.2, 0.25) is 5.91 Å². The van der Waals surface area contributed by atoms with Gasteiger partial charge in [-0.15, -0.1) is 0 Å². The monoisotopic (exact) mass is 375 g/mol. The minimum absolute atomic E-state index is 0.0809. The number of anilines is 1. The Morgan fingerprint density at radius 2 is 1.85 bits per heavy atom. The predicted octanol–water partition coefficient (Wildman–Crippen LogP) is 1.82. The lowest BCUT2D eigenvalue weighted by Crippen LogP contribution is -2.53. The lowest BCUT2D eigenvalue weighted by Gasteiger charge is -2.38. The average Bonchev–Trinajstić information content (AvgIpc) is 3.27. The number of thioether (sulfide) groups is 1. The van der Waals surface area contributed by atoms with Crippen molar-refractivity contribution in [3.05, 3.63) is 11.3 Å². The first-order valence-electron chi connectivity index (χ1n) is 9.81. The third kappa shape index (κ3) is 3.20. The molecule has 1 unspecified atom stereocenters. The number of rotatable bonds is 4. The highest BCUT2D eigenvalue weighted by atomic mass is 32.2. The molecule has 3 heterocycles. The minimum atomic E-state index is 0.0809. The predicted molar refractivity (Wildman–Crippen MR) is 105 cm³/mol. The van der Waals surface area contributed by atoms with Crippen molar-refractivity contribution in [3.8, 4) is 0 Å². The lowest BCUT2D eigenvalue weighted by atomic mass is 10.1. The lowest BCUT2D eigenvalue weighted by molar-refractivity contribution is -0.133. The van der Waals surface area contributed by atoms with Crippen LogP contribution in [-0.4, -0.2) is 76.7 Å². The number of aryl methyl sites for hydroxylation is 1. The summed E-state index contributed by atoms with van der Waals surface area (Å²) >= 11 is 1.63. The highest BCUT2D eigenvalue weighted by Gasteiger charge is 2.38. The molecule has 1 amide bonds. The first-order valence-corrected chi connectivity index (χ1v) is 11.0. The van der Waals surface area contributed by atoms with E-state index in [1.54, 1.807) is 11.8 Å². The molecule has 0 spiro atoms. The fourth-order valence-corrected chi connectivity index (χ4v) is 4.91. The van der Waals surface area contributed by atoms with E-state index < -0.39 is 0 Å². The topological polar surface area (TPSA) is 52.6 Å². The maximum atomic E-state index is 12.7. The number of likely N-dealkylation sites (tertiary alicyclic amines) is 1. The minimum Gasteiger partial charge on any atom is -0.354 e. The Bertz CT molecular complexity index is 687. The highest BCUT2D eigenvalue weighted by Crippen LogP contribution is 2.31. The van der Waals surface area contributed by atoms with Crippen molar-refractivity contribution in [1.82, 2.24) is 19.8 Å². The maximum Gasteiger partial charge on any atom is 0.240 e. The molecule has 0 N–H and O–H groups in total. The summed E-state index contributed by atoms with van der Waals surface area (Å²) in [5.74, 6) is 1.47. The summed E-state index contributed by atoms with van der Waals surface area (Å²) < 4.78 is 0. The van der Waals surface area contributed by atoms with Crippen molar-refractivity contribution in [3.63, 3.8) is 0 Å². The summed E-state index contributed by atoms with van der Waals surface area (Å²) in [7, 11) is 0. The number of hydrogen-bond donors (Lipinski definition) is 0. The molecule has 1 aromatic rings. The van der Waals surface area contributed by atoms with Gasteiger partial charge < -0.3 is 9.80 Å². The summed E-state index contributed by atoms with van der Waals surface area (Å²) in [4.78, 5) is 29.1. The molecule has 2 saturated heterocycles. The molecule has 142 valence electrons. The second-order valence-electron chi connectivity index (χ2n) is 7.77. The number of amides is 1. The number of carbonyl (C=O) groups excluding carboxylic acids is 1. The van der Waals surface area contributed by atoms with Crippen LogP contribution in [0.4, 0.5) is 5.82 Å². The summed E-state index contributed by atoms with van der Waals surface area (Å²) in [5.41, 5.74) is 2.61. The molecule has 1 atom stereocenters. The van der Waals surface area contributed by atoms with Gasteiger partial charge in [0.15, 0.2) is 5.16 Å². The molecule has 0 saturated carbocycles. The molecule has 0 bridgehead atoms. The van der Waals surface area contributed by atoms with Gasteiger partial charge in [-0.05, 0) is 45.8 Å². The largest absolute Gasteiger partial charge is 0.354 e. The molecule has 1 aromatic heterocycles. The van der Waals surface area contributed by atoms with Gasteiger partial charge >= 0.3 is 0 Å². The maximum absolute atomic E-state index is 12.7. The van der Waals surface area contributed by atoms with Crippen LogP contribution in [0, 0.1) is 0 Å². The van der Waals surface area contributed by atoms with E-state index in [1.165, 1.54) is 17.7 Å². The first-order chi connectivity index (χ1) is 12.6. The molecule has 26 heavy (non-hydrogen) atoms. The van der Waals surface area contributed by atoms with E-state index >= 15 is 0 Å². The van der Waals surface area contributed by atoms with Crippen molar-refractivity contribution < 1.29 is 4.79 Å². The van der Waals surface area contributed by atoms with Gasteiger partial charge in [0.1, 0.15) is 5.82 Å². The van der Waals surface area contributed by atoms with Gasteiger partial charge in [-0.2, -0.15) is 0 Å². The van der Waals surface area contributed by atoms with Crippen molar-refractivity contribution in [2.24, 2.45) is 0 Å². The molecule has 2 aliphatic heterocycles. The van der Waals surface area contributed by atoms with Crippen LogP contribution in [0.25, 0.3) is 0 Å². The Balaban J connectivity index is 1.45. The SMILES string of the molecule is CSc1nc2c(c(N3CCN(C4CCN(C(C)C)C4=O)CC3)n1)CCC2. The summed E-state index contributed by atoms with van der Waals surface area (Å²) in [6.45, 7) is 8.89. The molecular weight excluding hydrogens is 346 g/mol. The van der Waals surface area contributed by atoms with E-state index in [-0.39, 0.29) is 6.04 Å². The zero-order valence-electron chi connectivity index (χ0n) is 16.1. The highest BCUT2D eigenvalue weighted by molar-refractivity contribution is 7.98. The zero-order chi connectivity index (χ0) is 18.3. The van der Waals surface area contributed by atoms with E-state index in [0.717, 1.165) is 63.0 Å². The molecular formula is C19H29N5OS. The number of hydrogen-bond acceptors (Lipinski definition) is 6. The van der Waals surface area contributed by atoms with Crippen LogP contribution in [0.1, 0.15) is 37.9 Å². The average molecular weight is 376 g/mol. The van der Waals surface area contributed by atoms with Crippen LogP contribution in [0.5, 0.6) is 0 Å². The van der Waals surface area contributed by atoms with Crippen LogP contribution in [0.15, 0.2) is 5.16 Å². The quantitative estimate of drug-likeness (QED) is 0.591. The Kier molecular flexibility index (Phi) is 5.10.